The van der Waals surface area contributed by atoms with Crippen LogP contribution in [0, 0.1) is 0 Å². The lowest BCUT2D eigenvalue weighted by molar-refractivity contribution is -0.122. The standard InChI is InChI=1S/C10H22N2O4S/c1-10(2,17(4,14)15)9(13)12-6-5-8(11)7-16-3/h8H,5-7,11H2,1-4H3,(H,12,13). The monoisotopic (exact) mass is 266 g/mol. The minimum Gasteiger partial charge on any atom is -0.383 e. The minimum absolute atomic E-state index is 0.165. The number of hydrogen-bond donors (Lipinski definition) is 2. The molecule has 0 aliphatic carbocycles. The van der Waals surface area contributed by atoms with Crippen molar-refractivity contribution in [2.75, 3.05) is 26.5 Å². The molecule has 0 aromatic heterocycles. The predicted molar refractivity (Wildman–Crippen MR) is 66.4 cm³/mol. The second-order valence-electron chi connectivity index (χ2n) is 4.54. The molecule has 0 spiro atoms. The van der Waals surface area contributed by atoms with Gasteiger partial charge in [-0.05, 0) is 20.3 Å². The highest BCUT2D eigenvalue weighted by Gasteiger charge is 2.38. The van der Waals surface area contributed by atoms with Crippen LogP contribution < -0.4 is 11.1 Å². The van der Waals surface area contributed by atoms with E-state index in [2.05, 4.69) is 5.32 Å². The van der Waals surface area contributed by atoms with Crippen LogP contribution in [0.15, 0.2) is 0 Å². The van der Waals surface area contributed by atoms with Gasteiger partial charge in [-0.15, -0.1) is 0 Å². The molecule has 1 unspecified atom stereocenters. The van der Waals surface area contributed by atoms with Crippen molar-refractivity contribution in [3.8, 4) is 0 Å². The summed E-state index contributed by atoms with van der Waals surface area (Å²) in [6.07, 6.45) is 1.59. The van der Waals surface area contributed by atoms with E-state index >= 15 is 0 Å². The van der Waals surface area contributed by atoms with E-state index in [9.17, 15) is 13.2 Å². The van der Waals surface area contributed by atoms with Gasteiger partial charge in [0.1, 0.15) is 4.75 Å². The third-order valence-corrected chi connectivity index (χ3v) is 4.69. The number of methoxy groups -OCH3 is 1. The Morgan fingerprint density at radius 3 is 2.41 bits per heavy atom. The molecule has 0 aliphatic heterocycles. The maximum Gasteiger partial charge on any atom is 0.240 e. The van der Waals surface area contributed by atoms with Gasteiger partial charge in [0.2, 0.25) is 5.91 Å². The molecule has 7 heteroatoms. The summed E-state index contributed by atoms with van der Waals surface area (Å²) >= 11 is 0. The zero-order valence-corrected chi connectivity index (χ0v) is 11.6. The van der Waals surface area contributed by atoms with E-state index in [1.807, 2.05) is 0 Å². The number of hydrogen-bond acceptors (Lipinski definition) is 5. The number of nitrogens with two attached hydrogens (primary N) is 1. The fraction of sp³-hybridized carbons (Fsp3) is 0.900. The number of nitrogens with one attached hydrogen (secondary N) is 1. The average Bonchev–Trinajstić information content (AvgIpc) is 2.16. The van der Waals surface area contributed by atoms with Crippen molar-refractivity contribution in [1.29, 1.82) is 0 Å². The molecule has 0 aliphatic rings. The molecule has 1 amide bonds. The van der Waals surface area contributed by atoms with Crippen LogP contribution in [-0.2, 0) is 19.4 Å². The molecule has 17 heavy (non-hydrogen) atoms. The molecule has 0 fully saturated rings. The van der Waals surface area contributed by atoms with Crippen molar-refractivity contribution in [1.82, 2.24) is 5.32 Å². The van der Waals surface area contributed by atoms with Gasteiger partial charge in [-0.3, -0.25) is 4.79 Å². The van der Waals surface area contributed by atoms with E-state index in [1.165, 1.54) is 13.8 Å². The Balaban J connectivity index is 4.21. The molecule has 0 radical (unpaired) electrons. The summed E-state index contributed by atoms with van der Waals surface area (Å²) in [5, 5.41) is 2.57. The van der Waals surface area contributed by atoms with Crippen molar-refractivity contribution in [2.24, 2.45) is 5.73 Å². The van der Waals surface area contributed by atoms with Crippen molar-refractivity contribution in [3.63, 3.8) is 0 Å². The maximum atomic E-state index is 11.7. The van der Waals surface area contributed by atoms with E-state index < -0.39 is 20.5 Å². The maximum absolute atomic E-state index is 11.7. The first-order valence-corrected chi connectivity index (χ1v) is 7.24. The molecule has 0 aromatic rings. The Morgan fingerprint density at radius 2 is 2.00 bits per heavy atom. The SMILES string of the molecule is COCC(N)CCNC(=O)C(C)(C)S(C)(=O)=O. The van der Waals surface area contributed by atoms with E-state index in [1.54, 1.807) is 7.11 Å². The third kappa shape index (κ3) is 5.01. The average molecular weight is 266 g/mol. The second kappa shape index (κ2) is 6.32. The zero-order valence-electron chi connectivity index (χ0n) is 10.8. The second-order valence-corrected chi connectivity index (χ2v) is 7.11. The normalized spacial score (nSPS) is 14.4. The van der Waals surface area contributed by atoms with E-state index in [0.29, 0.717) is 19.6 Å². The van der Waals surface area contributed by atoms with Crippen molar-refractivity contribution < 1.29 is 17.9 Å². The third-order valence-electron chi connectivity index (χ3n) is 2.66. The van der Waals surface area contributed by atoms with Gasteiger partial charge in [-0.1, -0.05) is 0 Å². The van der Waals surface area contributed by atoms with Crippen LogP contribution in [0.2, 0.25) is 0 Å². The van der Waals surface area contributed by atoms with E-state index in [0.717, 1.165) is 6.26 Å². The summed E-state index contributed by atoms with van der Waals surface area (Å²) in [4.78, 5) is 11.7. The highest BCUT2D eigenvalue weighted by Crippen LogP contribution is 2.14. The summed E-state index contributed by atoms with van der Waals surface area (Å²) in [5.41, 5.74) is 5.67. The minimum atomic E-state index is -3.43. The number of sulfone groups is 1. The molecule has 1 atom stereocenters. The predicted octanol–water partition coefficient (Wildman–Crippen LogP) is -0.710. The number of amides is 1. The summed E-state index contributed by atoms with van der Waals surface area (Å²) in [7, 11) is -1.88. The summed E-state index contributed by atoms with van der Waals surface area (Å²) < 4.78 is 26.2. The lowest BCUT2D eigenvalue weighted by atomic mass is 10.2. The van der Waals surface area contributed by atoms with Crippen molar-refractivity contribution >= 4 is 15.7 Å². The molecule has 0 rings (SSSR count). The molecule has 0 aromatic carbocycles. The molecule has 0 bridgehead atoms. The van der Waals surface area contributed by atoms with E-state index in [4.69, 9.17) is 10.5 Å². The number of carbonyl (C=O) groups is 1. The van der Waals surface area contributed by atoms with Gasteiger partial charge in [0.15, 0.2) is 9.84 Å². The summed E-state index contributed by atoms with van der Waals surface area (Å²) in [6.45, 7) is 3.51. The van der Waals surface area contributed by atoms with Crippen LogP contribution in [0.5, 0.6) is 0 Å². The van der Waals surface area contributed by atoms with Crippen LogP contribution in [-0.4, -0.2) is 51.6 Å². The Kier molecular flexibility index (Phi) is 6.08. The number of ether oxygens (including phenoxy) is 1. The lowest BCUT2D eigenvalue weighted by Gasteiger charge is -2.21. The molecule has 0 saturated heterocycles. The largest absolute Gasteiger partial charge is 0.383 e. The first-order chi connectivity index (χ1) is 7.63. The lowest BCUT2D eigenvalue weighted by Crippen LogP contribution is -2.48. The Hall–Kier alpha value is -0.660. The number of rotatable bonds is 7. The van der Waals surface area contributed by atoms with Crippen LogP contribution in [0.1, 0.15) is 20.3 Å². The van der Waals surface area contributed by atoms with E-state index in [-0.39, 0.29) is 6.04 Å². The van der Waals surface area contributed by atoms with Gasteiger partial charge >= 0.3 is 0 Å². The van der Waals surface area contributed by atoms with Gasteiger partial charge in [0.25, 0.3) is 0 Å². The Bertz CT molecular complexity index is 351. The molecular weight excluding hydrogens is 244 g/mol. The topological polar surface area (TPSA) is 98.5 Å². The van der Waals surface area contributed by atoms with Crippen LogP contribution >= 0.6 is 0 Å². The highest BCUT2D eigenvalue weighted by molar-refractivity contribution is 7.92. The summed E-state index contributed by atoms with van der Waals surface area (Å²) in [6, 6.07) is -0.165. The first-order valence-electron chi connectivity index (χ1n) is 5.35. The van der Waals surface area contributed by atoms with Gasteiger partial charge < -0.3 is 15.8 Å². The molecule has 0 saturated carbocycles. The molecule has 102 valence electrons. The Labute approximate surface area is 103 Å². The zero-order chi connectivity index (χ0) is 13.7. The van der Waals surface area contributed by atoms with Gasteiger partial charge in [-0.2, -0.15) is 0 Å². The fourth-order valence-electron chi connectivity index (χ4n) is 1.05. The van der Waals surface area contributed by atoms with Gasteiger partial charge in [-0.25, -0.2) is 8.42 Å². The highest BCUT2D eigenvalue weighted by atomic mass is 32.2. The molecular formula is C10H22N2O4S. The van der Waals surface area contributed by atoms with Crippen molar-refractivity contribution in [2.45, 2.75) is 31.1 Å². The quantitative estimate of drug-likeness (QED) is 0.634. The van der Waals surface area contributed by atoms with Gasteiger partial charge in [0.05, 0.1) is 6.61 Å². The first kappa shape index (κ1) is 16.3. The molecule has 0 heterocycles. The smallest absolute Gasteiger partial charge is 0.240 e. The van der Waals surface area contributed by atoms with Crippen LogP contribution in [0.4, 0.5) is 0 Å². The molecule has 3 N–H and O–H groups in total. The van der Waals surface area contributed by atoms with Crippen LogP contribution in [0.25, 0.3) is 0 Å². The number of carbonyl (C=O) groups excluding carboxylic acids is 1. The summed E-state index contributed by atoms with van der Waals surface area (Å²) in [5.74, 6) is -0.510. The Morgan fingerprint density at radius 1 is 1.47 bits per heavy atom. The van der Waals surface area contributed by atoms with Crippen LogP contribution in [0.3, 0.4) is 0 Å². The molecule has 6 nitrogen and oxygen atoms in total. The van der Waals surface area contributed by atoms with Gasteiger partial charge in [0, 0.05) is 26.0 Å². The van der Waals surface area contributed by atoms with Crippen molar-refractivity contribution in [3.05, 3.63) is 0 Å². The fourth-order valence-corrected chi connectivity index (χ4v) is 1.46.